The maximum Gasteiger partial charge on any atom is 0.238 e. The molecule has 1 amide bonds. The predicted octanol–water partition coefficient (Wildman–Crippen LogP) is 2.63. The molecule has 1 unspecified atom stereocenters. The number of nitrogens with zero attached hydrogens (tertiary/aromatic N) is 5. The number of anilines is 1. The number of pyridine rings is 1. The Labute approximate surface area is 138 Å². The molecule has 0 aliphatic heterocycles. The fourth-order valence-corrected chi connectivity index (χ4v) is 3.00. The van der Waals surface area contributed by atoms with E-state index < -0.39 is 0 Å². The lowest BCUT2D eigenvalue weighted by Gasteiger charge is -2.14. The summed E-state index contributed by atoms with van der Waals surface area (Å²) in [5.41, 5.74) is 0.764. The molecule has 0 bridgehead atoms. The molecule has 0 spiro atoms. The third-order valence-corrected chi connectivity index (χ3v) is 4.40. The van der Waals surface area contributed by atoms with Gasteiger partial charge in [0.1, 0.15) is 5.82 Å². The minimum atomic E-state index is -0.307. The third-order valence-electron chi connectivity index (χ3n) is 3.34. The highest BCUT2D eigenvalue weighted by atomic mass is 32.2. The van der Waals surface area contributed by atoms with E-state index in [0.29, 0.717) is 11.0 Å². The lowest BCUT2D eigenvalue weighted by molar-refractivity contribution is -0.115. The molecule has 0 aromatic carbocycles. The second-order valence-electron chi connectivity index (χ2n) is 5.42. The molecule has 1 atom stereocenters. The van der Waals surface area contributed by atoms with Gasteiger partial charge in [-0.05, 0) is 32.9 Å². The van der Waals surface area contributed by atoms with Crippen molar-refractivity contribution in [3.63, 3.8) is 0 Å². The Morgan fingerprint density at radius 2 is 2.04 bits per heavy atom. The Kier molecular flexibility index (Phi) is 4.33. The smallest absolute Gasteiger partial charge is 0.238 e. The summed E-state index contributed by atoms with van der Waals surface area (Å²) in [5, 5.41) is 15.7. The fraction of sp³-hybridized carbons (Fsp3) is 0.333. The van der Waals surface area contributed by atoms with Crippen LogP contribution in [0.2, 0.25) is 0 Å². The second kappa shape index (κ2) is 6.41. The van der Waals surface area contributed by atoms with Crippen LogP contribution in [0.4, 0.5) is 5.82 Å². The SMILES string of the molecule is CC(Sc1nnc2ccccn12)C(=O)Nc1ccnn1C(C)C. The van der Waals surface area contributed by atoms with Gasteiger partial charge in [0.05, 0.1) is 11.4 Å². The molecule has 23 heavy (non-hydrogen) atoms. The minimum absolute atomic E-state index is 0.0925. The molecule has 3 rings (SSSR count). The van der Waals surface area contributed by atoms with Crippen molar-refractivity contribution in [3.05, 3.63) is 36.7 Å². The van der Waals surface area contributed by atoms with Gasteiger partial charge in [-0.15, -0.1) is 10.2 Å². The first-order chi connectivity index (χ1) is 11.1. The van der Waals surface area contributed by atoms with E-state index in [9.17, 15) is 4.79 Å². The summed E-state index contributed by atoms with van der Waals surface area (Å²) >= 11 is 1.37. The van der Waals surface area contributed by atoms with Gasteiger partial charge in [-0.25, -0.2) is 4.68 Å². The molecule has 0 radical (unpaired) electrons. The first kappa shape index (κ1) is 15.5. The van der Waals surface area contributed by atoms with Crippen LogP contribution in [0, 0.1) is 0 Å². The van der Waals surface area contributed by atoms with Gasteiger partial charge >= 0.3 is 0 Å². The molecule has 0 aliphatic rings. The number of hydrogen-bond acceptors (Lipinski definition) is 5. The number of nitrogens with one attached hydrogen (secondary N) is 1. The van der Waals surface area contributed by atoms with Crippen molar-refractivity contribution < 1.29 is 4.79 Å². The van der Waals surface area contributed by atoms with Gasteiger partial charge in [0, 0.05) is 18.3 Å². The lowest BCUT2D eigenvalue weighted by atomic mass is 10.4. The minimum Gasteiger partial charge on any atom is -0.310 e. The molecular weight excluding hydrogens is 312 g/mol. The normalized spacial score (nSPS) is 12.7. The lowest BCUT2D eigenvalue weighted by Crippen LogP contribution is -2.24. The molecule has 3 aromatic heterocycles. The van der Waals surface area contributed by atoms with Gasteiger partial charge in [0.25, 0.3) is 0 Å². The van der Waals surface area contributed by atoms with E-state index >= 15 is 0 Å². The Hall–Kier alpha value is -2.35. The number of hydrogen-bond donors (Lipinski definition) is 1. The summed E-state index contributed by atoms with van der Waals surface area (Å²) in [6.45, 7) is 5.88. The van der Waals surface area contributed by atoms with E-state index in [-0.39, 0.29) is 17.2 Å². The van der Waals surface area contributed by atoms with Crippen molar-refractivity contribution in [1.82, 2.24) is 24.4 Å². The Morgan fingerprint density at radius 3 is 2.83 bits per heavy atom. The zero-order chi connectivity index (χ0) is 16.4. The van der Waals surface area contributed by atoms with E-state index in [1.165, 1.54) is 11.8 Å². The van der Waals surface area contributed by atoms with Crippen molar-refractivity contribution in [3.8, 4) is 0 Å². The number of thioether (sulfide) groups is 1. The molecule has 7 nitrogen and oxygen atoms in total. The van der Waals surface area contributed by atoms with Crippen LogP contribution in [0.1, 0.15) is 26.8 Å². The van der Waals surface area contributed by atoms with Crippen LogP contribution in [-0.4, -0.2) is 35.5 Å². The predicted molar refractivity (Wildman–Crippen MR) is 89.5 cm³/mol. The number of carbonyl (C=O) groups excluding carboxylic acids is 1. The molecular formula is C15H18N6OS. The zero-order valence-corrected chi connectivity index (χ0v) is 14.0. The molecule has 3 aromatic rings. The van der Waals surface area contributed by atoms with Crippen molar-refractivity contribution >= 4 is 29.1 Å². The summed E-state index contributed by atoms with van der Waals surface area (Å²) in [7, 11) is 0. The van der Waals surface area contributed by atoms with E-state index in [1.807, 2.05) is 49.6 Å². The average Bonchev–Trinajstić information content (AvgIpc) is 3.14. The zero-order valence-electron chi connectivity index (χ0n) is 13.2. The third kappa shape index (κ3) is 3.21. The topological polar surface area (TPSA) is 77.1 Å². The van der Waals surface area contributed by atoms with Gasteiger partial charge in [-0.1, -0.05) is 17.8 Å². The molecule has 8 heteroatoms. The van der Waals surface area contributed by atoms with Gasteiger partial charge in [0.15, 0.2) is 10.8 Å². The molecule has 1 N–H and O–H groups in total. The van der Waals surface area contributed by atoms with E-state index in [0.717, 1.165) is 5.65 Å². The highest BCUT2D eigenvalue weighted by molar-refractivity contribution is 8.00. The number of amides is 1. The molecule has 0 fully saturated rings. The van der Waals surface area contributed by atoms with Gasteiger partial charge < -0.3 is 5.32 Å². The van der Waals surface area contributed by atoms with Crippen molar-refractivity contribution in [1.29, 1.82) is 0 Å². The quantitative estimate of drug-likeness (QED) is 0.728. The Bertz CT molecular complexity index is 824. The van der Waals surface area contributed by atoms with E-state index in [1.54, 1.807) is 16.9 Å². The average molecular weight is 330 g/mol. The van der Waals surface area contributed by atoms with Crippen molar-refractivity contribution in [2.75, 3.05) is 5.32 Å². The molecule has 0 aliphatic carbocycles. The first-order valence-electron chi connectivity index (χ1n) is 7.37. The van der Waals surface area contributed by atoms with Gasteiger partial charge in [0.2, 0.25) is 5.91 Å². The number of aromatic nitrogens is 5. The van der Waals surface area contributed by atoms with E-state index in [4.69, 9.17) is 0 Å². The molecule has 0 saturated heterocycles. The van der Waals surface area contributed by atoms with Gasteiger partial charge in [-0.2, -0.15) is 5.10 Å². The van der Waals surface area contributed by atoms with Crippen LogP contribution < -0.4 is 5.32 Å². The first-order valence-corrected chi connectivity index (χ1v) is 8.25. The Morgan fingerprint density at radius 1 is 1.22 bits per heavy atom. The summed E-state index contributed by atoms with van der Waals surface area (Å²) in [5.74, 6) is 0.605. The number of carbonyl (C=O) groups is 1. The maximum atomic E-state index is 12.4. The summed E-state index contributed by atoms with van der Waals surface area (Å²) < 4.78 is 3.65. The van der Waals surface area contributed by atoms with E-state index in [2.05, 4.69) is 20.6 Å². The molecule has 0 saturated carbocycles. The van der Waals surface area contributed by atoms with Crippen molar-refractivity contribution in [2.45, 2.75) is 37.2 Å². The van der Waals surface area contributed by atoms with Crippen molar-refractivity contribution in [2.24, 2.45) is 0 Å². The highest BCUT2D eigenvalue weighted by Gasteiger charge is 2.19. The standard InChI is InChI=1S/C15H18N6OS/c1-10(2)21-12(7-8-16-21)17-14(22)11(3)23-15-19-18-13-6-4-5-9-20(13)15/h4-11H,1-3H3,(H,17,22). The molecule has 3 heterocycles. The van der Waals surface area contributed by atoms with Crippen LogP contribution in [0.3, 0.4) is 0 Å². The molecule has 120 valence electrons. The fourth-order valence-electron chi connectivity index (χ4n) is 2.16. The summed E-state index contributed by atoms with van der Waals surface area (Å²) in [4.78, 5) is 12.4. The van der Waals surface area contributed by atoms with Gasteiger partial charge in [-0.3, -0.25) is 9.20 Å². The maximum absolute atomic E-state index is 12.4. The summed E-state index contributed by atoms with van der Waals surface area (Å²) in [6, 6.07) is 7.67. The number of rotatable bonds is 5. The Balaban J connectivity index is 1.71. The second-order valence-corrected chi connectivity index (χ2v) is 6.72. The van der Waals surface area contributed by atoms with Crippen LogP contribution >= 0.6 is 11.8 Å². The van der Waals surface area contributed by atoms with Crippen LogP contribution in [0.5, 0.6) is 0 Å². The largest absolute Gasteiger partial charge is 0.310 e. The van der Waals surface area contributed by atoms with Crippen LogP contribution in [-0.2, 0) is 4.79 Å². The number of fused-ring (bicyclic) bond motifs is 1. The van der Waals surface area contributed by atoms with Crippen LogP contribution in [0.15, 0.2) is 41.8 Å². The highest BCUT2D eigenvalue weighted by Crippen LogP contribution is 2.23. The van der Waals surface area contributed by atoms with Crippen LogP contribution in [0.25, 0.3) is 5.65 Å². The summed E-state index contributed by atoms with van der Waals surface area (Å²) in [6.07, 6.45) is 3.57. The monoisotopic (exact) mass is 330 g/mol.